The number of thiazole rings is 1. The lowest BCUT2D eigenvalue weighted by molar-refractivity contribution is 0.116. The topological polar surface area (TPSA) is 67.3 Å². The number of fused-ring (bicyclic) bond motifs is 1. The molecule has 0 saturated heterocycles. The van der Waals surface area contributed by atoms with Gasteiger partial charge >= 0.3 is 0 Å². The molecule has 1 saturated carbocycles. The highest BCUT2D eigenvalue weighted by molar-refractivity contribution is 14.1. The molecular formula is C19H20IN3O2S. The summed E-state index contributed by atoms with van der Waals surface area (Å²) in [6, 6.07) is 9.85. The van der Waals surface area contributed by atoms with E-state index in [1.807, 2.05) is 30.3 Å². The zero-order chi connectivity index (χ0) is 17.9. The summed E-state index contributed by atoms with van der Waals surface area (Å²) in [6.07, 6.45) is 5.61. The standard InChI is InChI=1S/C19H20IN3O2S/c20-11-12-9-14(7-8-21-12)25-13-5-6-16-18(10-13)26-19(23-16)22-15-3-1-2-4-17(15)24/h5-10,15,17,24H,1-4,11H2,(H,22,23)/t15-,17-/m1/s1. The van der Waals surface area contributed by atoms with Crippen molar-refractivity contribution in [1.82, 2.24) is 9.97 Å². The van der Waals surface area contributed by atoms with Crippen LogP contribution in [0.5, 0.6) is 11.5 Å². The van der Waals surface area contributed by atoms with Gasteiger partial charge in [0.2, 0.25) is 0 Å². The normalized spacial score (nSPS) is 20.2. The van der Waals surface area contributed by atoms with Crippen LogP contribution in [0.1, 0.15) is 31.4 Å². The Morgan fingerprint density at radius 3 is 2.88 bits per heavy atom. The summed E-state index contributed by atoms with van der Waals surface area (Å²) in [6.45, 7) is 0. The zero-order valence-corrected chi connectivity index (χ0v) is 17.2. The van der Waals surface area contributed by atoms with E-state index in [1.165, 1.54) is 0 Å². The van der Waals surface area contributed by atoms with Crippen LogP contribution in [0.25, 0.3) is 10.2 Å². The summed E-state index contributed by atoms with van der Waals surface area (Å²) in [5.41, 5.74) is 1.94. The average Bonchev–Trinajstić information content (AvgIpc) is 3.05. The molecule has 2 aromatic heterocycles. The fourth-order valence-corrected chi connectivity index (χ4v) is 4.57. The molecule has 26 heavy (non-hydrogen) atoms. The molecule has 1 fully saturated rings. The first-order valence-corrected chi connectivity index (χ1v) is 11.1. The second kappa shape index (κ2) is 8.06. The highest BCUT2D eigenvalue weighted by atomic mass is 127. The number of hydrogen-bond donors (Lipinski definition) is 2. The Hall–Kier alpha value is -1.45. The first-order chi connectivity index (χ1) is 12.7. The number of benzene rings is 1. The molecule has 0 aliphatic heterocycles. The molecule has 1 aliphatic rings. The predicted molar refractivity (Wildman–Crippen MR) is 114 cm³/mol. The van der Waals surface area contributed by atoms with E-state index in [0.717, 1.165) is 62.7 Å². The first kappa shape index (κ1) is 17.9. The van der Waals surface area contributed by atoms with Crippen molar-refractivity contribution in [2.45, 2.75) is 42.3 Å². The Balaban J connectivity index is 1.51. The number of nitrogens with one attached hydrogen (secondary N) is 1. The van der Waals surface area contributed by atoms with Crippen molar-refractivity contribution in [3.05, 3.63) is 42.2 Å². The maximum Gasteiger partial charge on any atom is 0.184 e. The molecule has 7 heteroatoms. The number of rotatable bonds is 5. The number of pyridine rings is 1. The molecule has 1 aliphatic carbocycles. The second-order valence-electron chi connectivity index (χ2n) is 6.47. The highest BCUT2D eigenvalue weighted by Gasteiger charge is 2.23. The maximum absolute atomic E-state index is 10.1. The van der Waals surface area contributed by atoms with Crippen molar-refractivity contribution < 1.29 is 9.84 Å². The fourth-order valence-electron chi connectivity index (χ4n) is 3.20. The largest absolute Gasteiger partial charge is 0.457 e. The van der Waals surface area contributed by atoms with Gasteiger partial charge in [-0.3, -0.25) is 4.98 Å². The van der Waals surface area contributed by atoms with E-state index >= 15 is 0 Å². The second-order valence-corrected chi connectivity index (χ2v) is 8.26. The lowest BCUT2D eigenvalue weighted by Crippen LogP contribution is -2.36. The van der Waals surface area contributed by atoms with Crippen LogP contribution in [0.15, 0.2) is 36.5 Å². The number of ether oxygens (including phenoxy) is 1. The summed E-state index contributed by atoms with van der Waals surface area (Å²) < 4.78 is 7.90. The number of aliphatic hydroxyl groups is 1. The number of halogens is 1. The summed E-state index contributed by atoms with van der Waals surface area (Å²) in [7, 11) is 0. The monoisotopic (exact) mass is 481 g/mol. The van der Waals surface area contributed by atoms with Crippen LogP contribution in [0.2, 0.25) is 0 Å². The third-order valence-corrected chi connectivity index (χ3v) is 6.29. The van der Waals surface area contributed by atoms with Gasteiger partial charge in [-0.25, -0.2) is 4.98 Å². The Bertz CT molecular complexity index is 901. The van der Waals surface area contributed by atoms with Crippen LogP contribution in [-0.2, 0) is 4.43 Å². The molecule has 0 spiro atoms. The molecule has 3 aromatic rings. The molecule has 136 valence electrons. The molecule has 5 nitrogen and oxygen atoms in total. The van der Waals surface area contributed by atoms with Crippen LogP contribution in [-0.4, -0.2) is 27.2 Å². The van der Waals surface area contributed by atoms with Crippen LogP contribution in [0, 0.1) is 0 Å². The molecule has 1 aromatic carbocycles. The van der Waals surface area contributed by atoms with Gasteiger partial charge in [0, 0.05) is 22.8 Å². The van der Waals surface area contributed by atoms with Crippen molar-refractivity contribution in [3.8, 4) is 11.5 Å². The van der Waals surface area contributed by atoms with Crippen LogP contribution >= 0.6 is 33.9 Å². The van der Waals surface area contributed by atoms with Gasteiger partial charge in [-0.2, -0.15) is 0 Å². The van der Waals surface area contributed by atoms with Crippen molar-refractivity contribution >= 4 is 49.3 Å². The quantitative estimate of drug-likeness (QED) is 0.391. The number of aromatic nitrogens is 2. The van der Waals surface area contributed by atoms with Gasteiger partial charge in [0.1, 0.15) is 11.5 Å². The van der Waals surface area contributed by atoms with E-state index in [-0.39, 0.29) is 12.1 Å². The Labute approximate surface area is 170 Å². The van der Waals surface area contributed by atoms with Gasteiger partial charge in [-0.1, -0.05) is 46.8 Å². The van der Waals surface area contributed by atoms with Crippen molar-refractivity contribution in [3.63, 3.8) is 0 Å². The number of nitrogens with zero attached hydrogens (tertiary/aromatic N) is 2. The number of aliphatic hydroxyl groups excluding tert-OH is 1. The average molecular weight is 481 g/mol. The number of hydrogen-bond acceptors (Lipinski definition) is 6. The van der Waals surface area contributed by atoms with Gasteiger partial charge < -0.3 is 15.2 Å². The lowest BCUT2D eigenvalue weighted by atomic mass is 9.93. The van der Waals surface area contributed by atoms with Crippen LogP contribution in [0.4, 0.5) is 5.13 Å². The van der Waals surface area contributed by atoms with Crippen LogP contribution < -0.4 is 10.1 Å². The first-order valence-electron chi connectivity index (χ1n) is 8.75. The fraction of sp³-hybridized carbons (Fsp3) is 0.368. The minimum Gasteiger partial charge on any atom is -0.457 e. The Kier molecular flexibility index (Phi) is 5.56. The van der Waals surface area contributed by atoms with Gasteiger partial charge in [0.25, 0.3) is 0 Å². The smallest absolute Gasteiger partial charge is 0.184 e. The molecule has 0 amide bonds. The SMILES string of the molecule is O[C@@H]1CCCC[C@H]1Nc1nc2ccc(Oc3ccnc(CI)c3)cc2s1. The molecule has 2 atom stereocenters. The molecule has 0 bridgehead atoms. The maximum atomic E-state index is 10.1. The van der Waals surface area contributed by atoms with Crippen molar-refractivity contribution in [1.29, 1.82) is 0 Å². The predicted octanol–water partition coefficient (Wildman–Crippen LogP) is 5.13. The lowest BCUT2D eigenvalue weighted by Gasteiger charge is -2.27. The molecule has 0 radical (unpaired) electrons. The molecule has 4 rings (SSSR count). The van der Waals surface area contributed by atoms with E-state index < -0.39 is 0 Å². The number of anilines is 1. The molecule has 2 heterocycles. The molecular weight excluding hydrogens is 461 g/mol. The van der Waals surface area contributed by atoms with E-state index in [0.29, 0.717) is 0 Å². The van der Waals surface area contributed by atoms with E-state index in [1.54, 1.807) is 17.5 Å². The Morgan fingerprint density at radius 1 is 1.19 bits per heavy atom. The van der Waals surface area contributed by atoms with Gasteiger partial charge in [0.05, 0.1) is 28.1 Å². The van der Waals surface area contributed by atoms with Gasteiger partial charge in [-0.15, -0.1) is 0 Å². The minimum absolute atomic E-state index is 0.101. The highest BCUT2D eigenvalue weighted by Crippen LogP contribution is 2.33. The van der Waals surface area contributed by atoms with E-state index in [2.05, 4.69) is 37.9 Å². The Morgan fingerprint density at radius 2 is 2.04 bits per heavy atom. The third-order valence-electron chi connectivity index (χ3n) is 4.56. The van der Waals surface area contributed by atoms with Gasteiger partial charge in [0.15, 0.2) is 5.13 Å². The molecule has 0 unspecified atom stereocenters. The molecule has 2 N–H and O–H groups in total. The third kappa shape index (κ3) is 4.10. The summed E-state index contributed by atoms with van der Waals surface area (Å²) in [5, 5.41) is 14.4. The van der Waals surface area contributed by atoms with E-state index in [9.17, 15) is 5.11 Å². The van der Waals surface area contributed by atoms with Crippen molar-refractivity contribution in [2.75, 3.05) is 5.32 Å². The van der Waals surface area contributed by atoms with Crippen molar-refractivity contribution in [2.24, 2.45) is 0 Å². The summed E-state index contributed by atoms with van der Waals surface area (Å²) in [4.78, 5) is 8.94. The van der Waals surface area contributed by atoms with E-state index in [4.69, 9.17) is 4.74 Å². The minimum atomic E-state index is -0.284. The summed E-state index contributed by atoms with van der Waals surface area (Å²) in [5.74, 6) is 1.58. The van der Waals surface area contributed by atoms with Crippen LogP contribution in [0.3, 0.4) is 0 Å². The zero-order valence-electron chi connectivity index (χ0n) is 14.2. The number of alkyl halides is 1. The summed E-state index contributed by atoms with van der Waals surface area (Å²) >= 11 is 3.89. The van der Waals surface area contributed by atoms with Gasteiger partial charge in [-0.05, 0) is 31.0 Å².